The second-order valence-corrected chi connectivity index (χ2v) is 4.10. The summed E-state index contributed by atoms with van der Waals surface area (Å²) >= 11 is 0. The molecule has 0 atom stereocenters. The first-order valence-electron chi connectivity index (χ1n) is 6.64. The molecule has 0 amide bonds. The lowest BCUT2D eigenvalue weighted by atomic mass is 10.1. The maximum absolute atomic E-state index is 11.1. The Morgan fingerprint density at radius 1 is 1.00 bits per heavy atom. The van der Waals surface area contributed by atoms with Gasteiger partial charge in [-0.2, -0.15) is 0 Å². The van der Waals surface area contributed by atoms with E-state index < -0.39 is 0 Å². The van der Waals surface area contributed by atoms with Crippen LogP contribution in [0.2, 0.25) is 0 Å². The third-order valence-corrected chi connectivity index (χ3v) is 2.48. The Morgan fingerprint density at radius 2 is 1.62 bits per heavy atom. The van der Waals surface area contributed by atoms with Crippen LogP contribution in [-0.2, 0) is 9.53 Å². The number of ether oxygens (including phenoxy) is 1. The summed E-state index contributed by atoms with van der Waals surface area (Å²) in [4.78, 5) is 11.1. The number of hydrogen-bond acceptors (Lipinski definition) is 2. The van der Waals surface area contributed by atoms with Gasteiger partial charge in [0.05, 0.1) is 6.61 Å². The molecule has 0 heterocycles. The molecule has 0 saturated carbocycles. The van der Waals surface area contributed by atoms with E-state index in [1.165, 1.54) is 44.6 Å². The van der Waals surface area contributed by atoms with E-state index in [4.69, 9.17) is 4.74 Å². The van der Waals surface area contributed by atoms with Gasteiger partial charge >= 0.3 is 5.97 Å². The zero-order valence-electron chi connectivity index (χ0n) is 10.8. The number of esters is 1. The standard InChI is InChI=1S/C14H26O2/c1-3-5-7-8-9-10-11-13-16-14(15)12-6-4-2/h6,12H,3-5,7-11,13H2,1-2H3. The Morgan fingerprint density at radius 3 is 2.25 bits per heavy atom. The van der Waals surface area contributed by atoms with Crippen LogP contribution in [0.15, 0.2) is 12.2 Å². The van der Waals surface area contributed by atoms with Gasteiger partial charge in [0.15, 0.2) is 0 Å². The van der Waals surface area contributed by atoms with Gasteiger partial charge < -0.3 is 4.74 Å². The van der Waals surface area contributed by atoms with Crippen LogP contribution in [0.1, 0.15) is 65.2 Å². The van der Waals surface area contributed by atoms with Crippen molar-refractivity contribution in [3.63, 3.8) is 0 Å². The molecule has 2 nitrogen and oxygen atoms in total. The van der Waals surface area contributed by atoms with Gasteiger partial charge in [-0.25, -0.2) is 4.79 Å². The maximum atomic E-state index is 11.1. The van der Waals surface area contributed by atoms with E-state index in [-0.39, 0.29) is 5.97 Å². The highest BCUT2D eigenvalue weighted by atomic mass is 16.5. The first-order chi connectivity index (χ1) is 7.81. The van der Waals surface area contributed by atoms with Crippen LogP contribution < -0.4 is 0 Å². The summed E-state index contributed by atoms with van der Waals surface area (Å²) in [6, 6.07) is 0. The van der Waals surface area contributed by atoms with E-state index >= 15 is 0 Å². The Balaban J connectivity index is 3.14. The number of unbranched alkanes of at least 4 members (excludes halogenated alkanes) is 6. The summed E-state index contributed by atoms with van der Waals surface area (Å²) in [5.41, 5.74) is 0. The van der Waals surface area contributed by atoms with E-state index in [9.17, 15) is 4.79 Å². The van der Waals surface area contributed by atoms with Crippen molar-refractivity contribution in [2.75, 3.05) is 6.61 Å². The molecule has 0 rings (SSSR count). The number of rotatable bonds is 10. The number of hydrogen-bond donors (Lipinski definition) is 0. The van der Waals surface area contributed by atoms with E-state index in [0.29, 0.717) is 6.61 Å². The van der Waals surface area contributed by atoms with Crippen molar-refractivity contribution in [3.05, 3.63) is 12.2 Å². The van der Waals surface area contributed by atoms with Crippen molar-refractivity contribution in [1.82, 2.24) is 0 Å². The number of carbonyl (C=O) groups is 1. The molecule has 0 radical (unpaired) electrons. The van der Waals surface area contributed by atoms with Gasteiger partial charge in [-0.15, -0.1) is 0 Å². The topological polar surface area (TPSA) is 26.3 Å². The summed E-state index contributed by atoms with van der Waals surface area (Å²) in [6.07, 6.45) is 13.0. The molecule has 0 bridgehead atoms. The lowest BCUT2D eigenvalue weighted by Crippen LogP contribution is -2.02. The van der Waals surface area contributed by atoms with E-state index in [0.717, 1.165) is 12.8 Å². The largest absolute Gasteiger partial charge is 0.463 e. The van der Waals surface area contributed by atoms with Crippen LogP contribution in [0.25, 0.3) is 0 Å². The molecule has 0 spiro atoms. The van der Waals surface area contributed by atoms with Crippen molar-refractivity contribution in [1.29, 1.82) is 0 Å². The highest BCUT2D eigenvalue weighted by Crippen LogP contribution is 2.06. The average Bonchev–Trinajstić information content (AvgIpc) is 2.30. The fourth-order valence-electron chi connectivity index (χ4n) is 1.49. The molecular weight excluding hydrogens is 200 g/mol. The first kappa shape index (κ1) is 15.2. The molecular formula is C14H26O2. The maximum Gasteiger partial charge on any atom is 0.330 e. The Bertz CT molecular complexity index is 185. The highest BCUT2D eigenvalue weighted by Gasteiger charge is 1.96. The minimum atomic E-state index is -0.201. The van der Waals surface area contributed by atoms with Gasteiger partial charge in [-0.05, 0) is 12.8 Å². The van der Waals surface area contributed by atoms with Gasteiger partial charge in [-0.3, -0.25) is 0 Å². The second-order valence-electron chi connectivity index (χ2n) is 4.10. The summed E-state index contributed by atoms with van der Waals surface area (Å²) in [5, 5.41) is 0. The lowest BCUT2D eigenvalue weighted by Gasteiger charge is -2.02. The SMILES string of the molecule is CCC=CC(=O)OCCCCCCCCC. The molecule has 0 aliphatic heterocycles. The van der Waals surface area contributed by atoms with Crippen LogP contribution >= 0.6 is 0 Å². The Labute approximate surface area is 100 Å². The molecule has 16 heavy (non-hydrogen) atoms. The second kappa shape index (κ2) is 12.3. The molecule has 0 saturated heterocycles. The van der Waals surface area contributed by atoms with Gasteiger partial charge in [0, 0.05) is 6.08 Å². The van der Waals surface area contributed by atoms with Crippen LogP contribution in [0, 0.1) is 0 Å². The zero-order chi connectivity index (χ0) is 12.1. The number of allylic oxidation sites excluding steroid dienone is 1. The summed E-state index contributed by atoms with van der Waals surface area (Å²) in [7, 11) is 0. The third kappa shape index (κ3) is 11.3. The van der Waals surface area contributed by atoms with Crippen molar-refractivity contribution < 1.29 is 9.53 Å². The quantitative estimate of drug-likeness (QED) is 0.316. The monoisotopic (exact) mass is 226 g/mol. The van der Waals surface area contributed by atoms with Crippen LogP contribution in [0.4, 0.5) is 0 Å². The zero-order valence-corrected chi connectivity index (χ0v) is 10.8. The third-order valence-electron chi connectivity index (χ3n) is 2.48. The van der Waals surface area contributed by atoms with Crippen molar-refractivity contribution in [2.24, 2.45) is 0 Å². The van der Waals surface area contributed by atoms with E-state index in [2.05, 4.69) is 6.92 Å². The molecule has 0 unspecified atom stereocenters. The summed E-state index contributed by atoms with van der Waals surface area (Å²) in [6.45, 7) is 4.80. The summed E-state index contributed by atoms with van der Waals surface area (Å²) < 4.78 is 5.05. The minimum Gasteiger partial charge on any atom is -0.463 e. The predicted octanol–water partition coefficient (Wildman–Crippen LogP) is 4.25. The van der Waals surface area contributed by atoms with E-state index in [1.54, 1.807) is 0 Å². The Hall–Kier alpha value is -0.790. The first-order valence-corrected chi connectivity index (χ1v) is 6.64. The summed E-state index contributed by atoms with van der Waals surface area (Å²) in [5.74, 6) is -0.201. The van der Waals surface area contributed by atoms with Gasteiger partial charge in [0.2, 0.25) is 0 Å². The smallest absolute Gasteiger partial charge is 0.330 e. The van der Waals surface area contributed by atoms with Crippen molar-refractivity contribution >= 4 is 5.97 Å². The van der Waals surface area contributed by atoms with Gasteiger partial charge in [0.25, 0.3) is 0 Å². The molecule has 0 N–H and O–H groups in total. The van der Waals surface area contributed by atoms with E-state index in [1.807, 2.05) is 13.0 Å². The molecule has 0 fully saturated rings. The molecule has 0 aromatic rings. The molecule has 0 aliphatic carbocycles. The fraction of sp³-hybridized carbons (Fsp3) is 0.786. The molecule has 0 aromatic heterocycles. The number of carbonyl (C=O) groups excluding carboxylic acids is 1. The van der Waals surface area contributed by atoms with Gasteiger partial charge in [0.1, 0.15) is 0 Å². The van der Waals surface area contributed by atoms with Crippen molar-refractivity contribution in [2.45, 2.75) is 65.2 Å². The Kier molecular flexibility index (Phi) is 11.7. The lowest BCUT2D eigenvalue weighted by molar-refractivity contribution is -0.137. The molecule has 2 heteroatoms. The molecule has 0 aliphatic rings. The minimum absolute atomic E-state index is 0.201. The fourth-order valence-corrected chi connectivity index (χ4v) is 1.49. The van der Waals surface area contributed by atoms with Gasteiger partial charge in [-0.1, -0.05) is 58.4 Å². The van der Waals surface area contributed by atoms with Crippen LogP contribution in [0.5, 0.6) is 0 Å². The van der Waals surface area contributed by atoms with Crippen LogP contribution in [0.3, 0.4) is 0 Å². The highest BCUT2D eigenvalue weighted by molar-refractivity contribution is 5.81. The normalized spacial score (nSPS) is 10.9. The van der Waals surface area contributed by atoms with Crippen LogP contribution in [-0.4, -0.2) is 12.6 Å². The molecule has 0 aromatic carbocycles. The average molecular weight is 226 g/mol. The van der Waals surface area contributed by atoms with Crippen molar-refractivity contribution in [3.8, 4) is 0 Å². The molecule has 94 valence electrons. The predicted molar refractivity (Wildman–Crippen MR) is 68.4 cm³/mol.